The van der Waals surface area contributed by atoms with Crippen LogP contribution < -0.4 is 5.32 Å². The Bertz CT molecular complexity index is 716. The fourth-order valence-corrected chi connectivity index (χ4v) is 3.16. The summed E-state index contributed by atoms with van der Waals surface area (Å²) in [4.78, 5) is 41.4. The number of amides is 3. The monoisotopic (exact) mass is 362 g/mol. The molecule has 0 bridgehead atoms. The molecule has 2 heterocycles. The lowest BCUT2D eigenvalue weighted by Gasteiger charge is -2.36. The molecule has 3 amide bonds. The van der Waals surface area contributed by atoms with E-state index in [1.54, 1.807) is 28.9 Å². The van der Waals surface area contributed by atoms with Gasteiger partial charge in [0.05, 0.1) is 13.1 Å². The average molecular weight is 362 g/mol. The molecule has 0 atom stereocenters. The number of carbonyl (C=O) groups excluding carboxylic acids is 3. The molecule has 0 spiro atoms. The van der Waals surface area contributed by atoms with Crippen molar-refractivity contribution in [1.29, 1.82) is 0 Å². The van der Waals surface area contributed by atoms with Crippen molar-refractivity contribution in [3.05, 3.63) is 35.1 Å². The predicted molar refractivity (Wildman–Crippen MR) is 93.1 cm³/mol. The van der Waals surface area contributed by atoms with Crippen molar-refractivity contribution in [2.75, 3.05) is 52.4 Å². The van der Waals surface area contributed by atoms with Gasteiger partial charge < -0.3 is 15.1 Å². The van der Waals surface area contributed by atoms with E-state index in [0.29, 0.717) is 50.4 Å². The zero-order valence-corrected chi connectivity index (χ0v) is 14.8. The van der Waals surface area contributed by atoms with Gasteiger partial charge in [0.2, 0.25) is 11.8 Å². The summed E-state index contributed by atoms with van der Waals surface area (Å²) in [5.74, 6) is -0.779. The van der Waals surface area contributed by atoms with Crippen molar-refractivity contribution in [2.45, 2.75) is 6.92 Å². The maximum absolute atomic E-state index is 13.7. The zero-order chi connectivity index (χ0) is 18.7. The Balaban J connectivity index is 1.50. The minimum atomic E-state index is -0.384. The summed E-state index contributed by atoms with van der Waals surface area (Å²) in [5, 5.41) is 2.69. The molecular weight excluding hydrogens is 339 g/mol. The first kappa shape index (κ1) is 18.3. The van der Waals surface area contributed by atoms with Gasteiger partial charge in [-0.25, -0.2) is 4.39 Å². The summed E-state index contributed by atoms with van der Waals surface area (Å²) in [6, 6.07) is 4.51. The number of nitrogens with zero attached hydrogens (tertiary/aromatic N) is 3. The standard InChI is InChI=1S/C18H23FN4O3/c1-13-2-3-14(10-15(13)19)18(26)22-8-6-21(7-9-22)12-17(25)23-5-4-20-16(24)11-23/h2-3,10H,4-9,11-12H2,1H3,(H,20,24). The third-order valence-electron chi connectivity index (χ3n) is 4.83. The van der Waals surface area contributed by atoms with Gasteiger partial charge in [-0.1, -0.05) is 6.07 Å². The molecule has 2 aliphatic rings. The van der Waals surface area contributed by atoms with Crippen molar-refractivity contribution in [1.82, 2.24) is 20.0 Å². The van der Waals surface area contributed by atoms with Gasteiger partial charge in [0.25, 0.3) is 5.91 Å². The highest BCUT2D eigenvalue weighted by Crippen LogP contribution is 2.13. The van der Waals surface area contributed by atoms with Crippen LogP contribution in [-0.2, 0) is 9.59 Å². The fourth-order valence-electron chi connectivity index (χ4n) is 3.16. The molecule has 1 aromatic rings. The molecule has 8 heteroatoms. The lowest BCUT2D eigenvalue weighted by Crippen LogP contribution is -2.55. The minimum Gasteiger partial charge on any atom is -0.353 e. The van der Waals surface area contributed by atoms with E-state index in [1.165, 1.54) is 6.07 Å². The van der Waals surface area contributed by atoms with E-state index in [9.17, 15) is 18.8 Å². The molecule has 0 saturated carbocycles. The van der Waals surface area contributed by atoms with Crippen LogP contribution in [0.25, 0.3) is 0 Å². The molecule has 2 aliphatic heterocycles. The normalized spacial score (nSPS) is 18.6. The number of carbonyl (C=O) groups is 3. The van der Waals surface area contributed by atoms with Crippen LogP contribution in [0.5, 0.6) is 0 Å². The van der Waals surface area contributed by atoms with E-state index >= 15 is 0 Å². The van der Waals surface area contributed by atoms with Crippen LogP contribution in [0, 0.1) is 12.7 Å². The third kappa shape index (κ3) is 4.19. The molecule has 0 aromatic heterocycles. The molecular formula is C18H23FN4O3. The van der Waals surface area contributed by atoms with E-state index in [2.05, 4.69) is 5.32 Å². The van der Waals surface area contributed by atoms with Gasteiger partial charge in [0, 0.05) is 44.8 Å². The molecule has 1 aromatic carbocycles. The van der Waals surface area contributed by atoms with Crippen LogP contribution in [0.3, 0.4) is 0 Å². The highest BCUT2D eigenvalue weighted by Gasteiger charge is 2.26. The Hall–Kier alpha value is -2.48. The van der Waals surface area contributed by atoms with E-state index < -0.39 is 0 Å². The Kier molecular flexibility index (Phi) is 5.51. The fraction of sp³-hybridized carbons (Fsp3) is 0.500. The van der Waals surface area contributed by atoms with Crippen LogP contribution in [-0.4, -0.2) is 84.8 Å². The summed E-state index contributed by atoms with van der Waals surface area (Å²) in [5.41, 5.74) is 0.855. The van der Waals surface area contributed by atoms with Gasteiger partial charge in [-0.05, 0) is 24.6 Å². The van der Waals surface area contributed by atoms with Crippen molar-refractivity contribution in [2.24, 2.45) is 0 Å². The van der Waals surface area contributed by atoms with Crippen LogP contribution in [0.2, 0.25) is 0 Å². The van der Waals surface area contributed by atoms with Crippen LogP contribution in [0.15, 0.2) is 18.2 Å². The van der Waals surface area contributed by atoms with Crippen LogP contribution in [0.1, 0.15) is 15.9 Å². The number of halogens is 1. The quantitative estimate of drug-likeness (QED) is 0.812. The molecule has 0 unspecified atom stereocenters. The minimum absolute atomic E-state index is 0.0692. The first-order valence-corrected chi connectivity index (χ1v) is 8.76. The Labute approximate surface area is 151 Å². The Morgan fingerprint density at radius 1 is 1.12 bits per heavy atom. The number of nitrogens with one attached hydrogen (secondary N) is 1. The third-order valence-corrected chi connectivity index (χ3v) is 4.83. The summed E-state index contributed by atoms with van der Waals surface area (Å²) < 4.78 is 13.7. The van der Waals surface area contributed by atoms with Gasteiger partial charge in [0.1, 0.15) is 5.82 Å². The van der Waals surface area contributed by atoms with E-state index in [4.69, 9.17) is 0 Å². The van der Waals surface area contributed by atoms with E-state index in [-0.39, 0.29) is 36.6 Å². The molecule has 140 valence electrons. The van der Waals surface area contributed by atoms with Crippen molar-refractivity contribution >= 4 is 17.7 Å². The van der Waals surface area contributed by atoms with Crippen molar-refractivity contribution in [3.8, 4) is 0 Å². The lowest BCUT2D eigenvalue weighted by atomic mass is 10.1. The molecule has 0 aliphatic carbocycles. The smallest absolute Gasteiger partial charge is 0.254 e. The van der Waals surface area contributed by atoms with Gasteiger partial charge in [-0.3, -0.25) is 19.3 Å². The number of hydrogen-bond donors (Lipinski definition) is 1. The molecule has 0 radical (unpaired) electrons. The number of hydrogen-bond acceptors (Lipinski definition) is 4. The summed E-state index contributed by atoms with van der Waals surface area (Å²) in [6.45, 7) is 5.15. The Morgan fingerprint density at radius 3 is 2.50 bits per heavy atom. The number of benzene rings is 1. The zero-order valence-electron chi connectivity index (χ0n) is 14.8. The van der Waals surface area contributed by atoms with E-state index in [0.717, 1.165) is 0 Å². The molecule has 3 rings (SSSR count). The second kappa shape index (κ2) is 7.82. The second-order valence-corrected chi connectivity index (χ2v) is 6.70. The summed E-state index contributed by atoms with van der Waals surface area (Å²) in [6.07, 6.45) is 0. The summed E-state index contributed by atoms with van der Waals surface area (Å²) in [7, 11) is 0. The maximum Gasteiger partial charge on any atom is 0.254 e. The molecule has 1 N–H and O–H groups in total. The average Bonchev–Trinajstić information content (AvgIpc) is 2.64. The maximum atomic E-state index is 13.7. The Morgan fingerprint density at radius 2 is 1.85 bits per heavy atom. The van der Waals surface area contributed by atoms with Gasteiger partial charge >= 0.3 is 0 Å². The van der Waals surface area contributed by atoms with Crippen LogP contribution in [0.4, 0.5) is 4.39 Å². The second-order valence-electron chi connectivity index (χ2n) is 6.70. The topological polar surface area (TPSA) is 73.0 Å². The number of piperazine rings is 2. The number of rotatable bonds is 3. The molecule has 2 fully saturated rings. The number of aryl methyl sites for hydroxylation is 1. The van der Waals surface area contributed by atoms with Gasteiger partial charge in [-0.15, -0.1) is 0 Å². The largest absolute Gasteiger partial charge is 0.353 e. The summed E-state index contributed by atoms with van der Waals surface area (Å²) >= 11 is 0. The SMILES string of the molecule is Cc1ccc(C(=O)N2CCN(CC(=O)N3CCNC(=O)C3)CC2)cc1F. The van der Waals surface area contributed by atoms with E-state index in [1.807, 2.05) is 4.90 Å². The van der Waals surface area contributed by atoms with Gasteiger partial charge in [-0.2, -0.15) is 0 Å². The van der Waals surface area contributed by atoms with Crippen molar-refractivity contribution in [3.63, 3.8) is 0 Å². The van der Waals surface area contributed by atoms with Crippen molar-refractivity contribution < 1.29 is 18.8 Å². The highest BCUT2D eigenvalue weighted by atomic mass is 19.1. The first-order chi connectivity index (χ1) is 12.4. The first-order valence-electron chi connectivity index (χ1n) is 8.76. The van der Waals surface area contributed by atoms with Gasteiger partial charge in [0.15, 0.2) is 0 Å². The molecule has 26 heavy (non-hydrogen) atoms. The molecule has 2 saturated heterocycles. The van der Waals surface area contributed by atoms with Crippen LogP contribution >= 0.6 is 0 Å². The highest BCUT2D eigenvalue weighted by molar-refractivity contribution is 5.94. The molecule has 7 nitrogen and oxygen atoms in total. The predicted octanol–water partition coefficient (Wildman–Crippen LogP) is -0.150. The lowest BCUT2D eigenvalue weighted by molar-refractivity contribution is -0.139.